The van der Waals surface area contributed by atoms with E-state index in [-0.39, 0.29) is 0 Å². The number of hydrogen-bond acceptors (Lipinski definition) is 1. The molecule has 0 amide bonds. The second kappa shape index (κ2) is 5.72. The van der Waals surface area contributed by atoms with Crippen molar-refractivity contribution in [2.75, 3.05) is 5.32 Å². The van der Waals surface area contributed by atoms with Crippen LogP contribution in [-0.2, 0) is 0 Å². The van der Waals surface area contributed by atoms with Crippen molar-refractivity contribution >= 4 is 56.7 Å². The molecule has 0 bridgehead atoms. The number of nitrogens with zero attached hydrogens (tertiary/aromatic N) is 1. The first-order chi connectivity index (χ1) is 11.2. The zero-order valence-corrected chi connectivity index (χ0v) is 13.9. The maximum absolute atomic E-state index is 4.96. The van der Waals surface area contributed by atoms with Crippen LogP contribution < -0.4 is 5.32 Å². The van der Waals surface area contributed by atoms with Crippen LogP contribution in [0.5, 0.6) is 0 Å². The lowest BCUT2D eigenvalue weighted by Gasteiger charge is -2.09. The lowest BCUT2D eigenvalue weighted by atomic mass is 10.2. The summed E-state index contributed by atoms with van der Waals surface area (Å²) in [5.74, 6) is 0. The van der Waals surface area contributed by atoms with Crippen molar-refractivity contribution in [1.82, 2.24) is 4.57 Å². The third-order valence-corrected chi connectivity index (χ3v) is 4.17. The van der Waals surface area contributed by atoms with Crippen LogP contribution in [0.2, 0.25) is 0 Å². The number of anilines is 1. The van der Waals surface area contributed by atoms with E-state index in [0.29, 0.717) is 4.32 Å². The standard InChI is InChI=1S/C19H14N2S2/c22-19(23)20-13-9-11-14(12-10-13)21-17-7-3-1-5-15(17)16-6-2-4-8-18(16)21/h1-12H,(H2,20,22,23). The van der Waals surface area contributed by atoms with Gasteiger partial charge in [0.25, 0.3) is 0 Å². The van der Waals surface area contributed by atoms with Crippen LogP contribution in [0.3, 0.4) is 0 Å². The first-order valence-corrected chi connectivity index (χ1v) is 8.18. The van der Waals surface area contributed by atoms with Crippen LogP contribution in [0.1, 0.15) is 0 Å². The van der Waals surface area contributed by atoms with Gasteiger partial charge in [0, 0.05) is 22.1 Å². The average Bonchev–Trinajstić information content (AvgIpc) is 2.90. The number of aromatic nitrogens is 1. The predicted molar refractivity (Wildman–Crippen MR) is 106 cm³/mol. The Balaban J connectivity index is 1.95. The molecule has 0 radical (unpaired) electrons. The lowest BCUT2D eigenvalue weighted by Crippen LogP contribution is -2.01. The van der Waals surface area contributed by atoms with Crippen molar-refractivity contribution < 1.29 is 0 Å². The fraction of sp³-hybridized carbons (Fsp3) is 0. The molecule has 0 saturated heterocycles. The molecule has 112 valence electrons. The highest BCUT2D eigenvalue weighted by molar-refractivity contribution is 8.11. The molecule has 0 aliphatic heterocycles. The maximum atomic E-state index is 4.96. The Kier molecular flexibility index (Phi) is 3.56. The van der Waals surface area contributed by atoms with Crippen molar-refractivity contribution in [1.29, 1.82) is 0 Å². The molecule has 1 N–H and O–H groups in total. The Morgan fingerprint density at radius 2 is 1.30 bits per heavy atom. The second-order valence-electron chi connectivity index (χ2n) is 5.35. The van der Waals surface area contributed by atoms with E-state index in [9.17, 15) is 0 Å². The van der Waals surface area contributed by atoms with E-state index in [1.165, 1.54) is 21.8 Å². The van der Waals surface area contributed by atoms with E-state index in [4.69, 9.17) is 12.2 Å². The summed E-state index contributed by atoms with van der Waals surface area (Å²) >= 11 is 9.07. The highest BCUT2D eigenvalue weighted by Gasteiger charge is 2.10. The molecule has 0 aliphatic rings. The van der Waals surface area contributed by atoms with Crippen molar-refractivity contribution in [2.45, 2.75) is 0 Å². The van der Waals surface area contributed by atoms with Crippen LogP contribution in [-0.4, -0.2) is 8.89 Å². The molecule has 1 heterocycles. The minimum absolute atomic E-state index is 0.467. The van der Waals surface area contributed by atoms with Gasteiger partial charge in [0.05, 0.1) is 11.0 Å². The minimum atomic E-state index is 0.467. The molecule has 1 aromatic heterocycles. The molecule has 4 aromatic rings. The van der Waals surface area contributed by atoms with Crippen LogP contribution in [0.15, 0.2) is 72.8 Å². The van der Waals surface area contributed by atoms with Gasteiger partial charge in [-0.15, -0.1) is 12.6 Å². The van der Waals surface area contributed by atoms with Gasteiger partial charge in [-0.3, -0.25) is 0 Å². The summed E-state index contributed by atoms with van der Waals surface area (Å²) in [5, 5.41) is 5.57. The molecule has 23 heavy (non-hydrogen) atoms. The van der Waals surface area contributed by atoms with Gasteiger partial charge in [0.1, 0.15) is 4.32 Å². The molecule has 0 fully saturated rings. The fourth-order valence-corrected chi connectivity index (χ4v) is 3.26. The quantitative estimate of drug-likeness (QED) is 0.377. The lowest BCUT2D eigenvalue weighted by molar-refractivity contribution is 1.18. The summed E-state index contributed by atoms with van der Waals surface area (Å²) in [5.41, 5.74) is 4.48. The summed E-state index contributed by atoms with van der Waals surface area (Å²) in [6.07, 6.45) is 0. The van der Waals surface area contributed by atoms with E-state index < -0.39 is 0 Å². The SMILES string of the molecule is S=C(S)Nc1ccc(-n2c3ccccc3c3ccccc32)cc1. The predicted octanol–water partition coefficient (Wildman–Crippen LogP) is 5.41. The van der Waals surface area contributed by atoms with Gasteiger partial charge in [0.15, 0.2) is 0 Å². The zero-order valence-electron chi connectivity index (χ0n) is 12.2. The van der Waals surface area contributed by atoms with Gasteiger partial charge in [-0.2, -0.15) is 0 Å². The van der Waals surface area contributed by atoms with Crippen LogP contribution >= 0.6 is 24.8 Å². The van der Waals surface area contributed by atoms with Crippen molar-refractivity contribution in [3.8, 4) is 5.69 Å². The Morgan fingerprint density at radius 1 is 0.783 bits per heavy atom. The number of hydrogen-bond donors (Lipinski definition) is 2. The third kappa shape index (κ3) is 2.50. The highest BCUT2D eigenvalue weighted by atomic mass is 32.1. The zero-order chi connectivity index (χ0) is 15.8. The van der Waals surface area contributed by atoms with Crippen LogP contribution in [0.25, 0.3) is 27.5 Å². The Morgan fingerprint density at radius 3 is 1.83 bits per heavy atom. The summed E-state index contributed by atoms with van der Waals surface area (Å²) in [7, 11) is 0. The Bertz CT molecular complexity index is 963. The van der Waals surface area contributed by atoms with Gasteiger partial charge in [0.2, 0.25) is 0 Å². The summed E-state index contributed by atoms with van der Waals surface area (Å²) < 4.78 is 2.75. The topological polar surface area (TPSA) is 17.0 Å². The van der Waals surface area contributed by atoms with E-state index in [0.717, 1.165) is 11.4 Å². The number of nitrogens with one attached hydrogen (secondary N) is 1. The first kappa shape index (κ1) is 14.3. The maximum Gasteiger partial charge on any atom is 0.135 e. The molecule has 0 unspecified atom stereocenters. The number of fused-ring (bicyclic) bond motifs is 3. The molecule has 0 saturated carbocycles. The number of para-hydroxylation sites is 2. The third-order valence-electron chi connectivity index (χ3n) is 3.96. The van der Waals surface area contributed by atoms with Crippen LogP contribution in [0, 0.1) is 0 Å². The number of thiocarbonyl (C=S) groups is 1. The Labute approximate surface area is 145 Å². The smallest absolute Gasteiger partial charge is 0.135 e. The van der Waals surface area contributed by atoms with Crippen LogP contribution in [0.4, 0.5) is 5.69 Å². The van der Waals surface area contributed by atoms with Gasteiger partial charge in [-0.1, -0.05) is 48.6 Å². The van der Waals surface area contributed by atoms with Gasteiger partial charge in [-0.25, -0.2) is 0 Å². The number of rotatable bonds is 2. The molecule has 4 rings (SSSR count). The minimum Gasteiger partial charge on any atom is -0.341 e. The normalized spacial score (nSPS) is 11.0. The summed E-state index contributed by atoms with van der Waals surface area (Å²) in [6, 6.07) is 25.2. The molecular weight excluding hydrogens is 320 g/mol. The molecule has 0 atom stereocenters. The Hall–Kier alpha value is -2.30. The van der Waals surface area contributed by atoms with Gasteiger partial charge >= 0.3 is 0 Å². The molecule has 2 nitrogen and oxygen atoms in total. The highest BCUT2D eigenvalue weighted by Crippen LogP contribution is 2.31. The second-order valence-corrected chi connectivity index (χ2v) is 6.50. The molecule has 4 heteroatoms. The van der Waals surface area contributed by atoms with Gasteiger partial charge in [-0.05, 0) is 36.4 Å². The summed E-state index contributed by atoms with van der Waals surface area (Å²) in [4.78, 5) is 0. The first-order valence-electron chi connectivity index (χ1n) is 7.32. The largest absolute Gasteiger partial charge is 0.341 e. The summed E-state index contributed by atoms with van der Waals surface area (Å²) in [6.45, 7) is 0. The molecule has 3 aromatic carbocycles. The monoisotopic (exact) mass is 334 g/mol. The van der Waals surface area contributed by atoms with E-state index in [1.54, 1.807) is 0 Å². The van der Waals surface area contributed by atoms with Crippen molar-refractivity contribution in [3.05, 3.63) is 72.8 Å². The average molecular weight is 334 g/mol. The van der Waals surface area contributed by atoms with Crippen molar-refractivity contribution in [2.24, 2.45) is 0 Å². The van der Waals surface area contributed by atoms with Crippen molar-refractivity contribution in [3.63, 3.8) is 0 Å². The molecule has 0 spiro atoms. The van der Waals surface area contributed by atoms with E-state index in [1.807, 2.05) is 12.1 Å². The molecule has 0 aliphatic carbocycles. The van der Waals surface area contributed by atoms with E-state index in [2.05, 4.69) is 83.2 Å². The van der Waals surface area contributed by atoms with E-state index >= 15 is 0 Å². The number of benzene rings is 3. The number of thiol groups is 1. The van der Waals surface area contributed by atoms with Gasteiger partial charge < -0.3 is 9.88 Å². The molecular formula is C19H14N2S2. The fourth-order valence-electron chi connectivity index (χ4n) is 3.02.